The Hall–Kier alpha value is -1.38. The van der Waals surface area contributed by atoms with Crippen molar-refractivity contribution in [1.29, 1.82) is 0 Å². The molecule has 0 aliphatic carbocycles. The second kappa shape index (κ2) is 2.70. The molecule has 0 aliphatic heterocycles. The summed E-state index contributed by atoms with van der Waals surface area (Å²) in [6, 6.07) is 1.63. The molecule has 0 bridgehead atoms. The fourth-order valence-corrected chi connectivity index (χ4v) is 0.916. The van der Waals surface area contributed by atoms with E-state index < -0.39 is 0 Å². The minimum absolute atomic E-state index is 0.0762. The zero-order chi connectivity index (χ0) is 8.43. The van der Waals surface area contributed by atoms with Gasteiger partial charge in [-0.3, -0.25) is 4.79 Å². The molecule has 0 atom stereocenters. The third kappa shape index (κ3) is 1.55. The van der Waals surface area contributed by atoms with Crippen LogP contribution in [0.2, 0.25) is 0 Å². The molecule has 0 amide bonds. The van der Waals surface area contributed by atoms with Crippen LogP contribution in [0.15, 0.2) is 18.5 Å². The van der Waals surface area contributed by atoms with Gasteiger partial charge in [-0.2, -0.15) is 4.73 Å². The van der Waals surface area contributed by atoms with Gasteiger partial charge in [0, 0.05) is 6.07 Å². The number of carbonyl (C=O) groups excluding carboxylic acids is 1. The van der Waals surface area contributed by atoms with Gasteiger partial charge in [-0.25, -0.2) is 0 Å². The fraction of sp³-hybridized carbons (Fsp3) is 0.250. The summed E-state index contributed by atoms with van der Waals surface area (Å²) in [6.07, 6.45) is 2.67. The Labute approximate surface area is 64.9 Å². The monoisotopic (exact) mass is 151 g/mol. The predicted octanol–water partition coefficient (Wildman–Crippen LogP) is 0.831. The average molecular weight is 151 g/mol. The average Bonchev–Trinajstić information content (AvgIpc) is 1.94. The highest BCUT2D eigenvalue weighted by molar-refractivity contribution is 5.94. The zero-order valence-corrected chi connectivity index (χ0v) is 6.50. The van der Waals surface area contributed by atoms with Gasteiger partial charge in [0.25, 0.3) is 0 Å². The summed E-state index contributed by atoms with van der Waals surface area (Å²) in [4.78, 5) is 10.9. The Morgan fingerprint density at radius 1 is 1.64 bits per heavy atom. The van der Waals surface area contributed by atoms with Gasteiger partial charge in [0.1, 0.15) is 0 Å². The molecule has 1 heterocycles. The summed E-state index contributed by atoms with van der Waals surface area (Å²) < 4.78 is 0.629. The molecule has 0 spiro atoms. The van der Waals surface area contributed by atoms with Gasteiger partial charge in [0.15, 0.2) is 18.2 Å². The first-order chi connectivity index (χ1) is 5.11. The van der Waals surface area contributed by atoms with Gasteiger partial charge in [0.2, 0.25) is 0 Å². The van der Waals surface area contributed by atoms with Crippen LogP contribution in [-0.2, 0) is 0 Å². The van der Waals surface area contributed by atoms with Gasteiger partial charge >= 0.3 is 0 Å². The summed E-state index contributed by atoms with van der Waals surface area (Å²) in [7, 11) is 0. The van der Waals surface area contributed by atoms with Crippen LogP contribution in [-0.4, -0.2) is 5.78 Å². The van der Waals surface area contributed by atoms with Crippen molar-refractivity contribution in [2.75, 3.05) is 0 Å². The van der Waals surface area contributed by atoms with Crippen LogP contribution in [0, 0.1) is 12.1 Å². The Bertz CT molecular complexity index is 294. The van der Waals surface area contributed by atoms with Crippen LogP contribution in [0.3, 0.4) is 0 Å². The van der Waals surface area contributed by atoms with Gasteiger partial charge in [-0.15, -0.1) is 0 Å². The van der Waals surface area contributed by atoms with E-state index in [4.69, 9.17) is 0 Å². The van der Waals surface area contributed by atoms with E-state index in [1.165, 1.54) is 19.3 Å². The first kappa shape index (κ1) is 7.72. The topological polar surface area (TPSA) is 44.0 Å². The number of rotatable bonds is 1. The van der Waals surface area contributed by atoms with E-state index >= 15 is 0 Å². The Morgan fingerprint density at radius 3 is 2.73 bits per heavy atom. The molecular formula is C8H9NO2. The third-order valence-electron chi connectivity index (χ3n) is 1.53. The Balaban J connectivity index is 3.23. The lowest BCUT2D eigenvalue weighted by molar-refractivity contribution is -0.605. The molecule has 1 aromatic heterocycles. The van der Waals surface area contributed by atoms with E-state index in [0.29, 0.717) is 10.3 Å². The summed E-state index contributed by atoms with van der Waals surface area (Å²) in [5.41, 5.74) is 1.33. The van der Waals surface area contributed by atoms with E-state index in [9.17, 15) is 10.0 Å². The molecule has 3 nitrogen and oxygen atoms in total. The minimum Gasteiger partial charge on any atom is -0.619 e. The van der Waals surface area contributed by atoms with Crippen molar-refractivity contribution in [3.05, 3.63) is 34.8 Å². The van der Waals surface area contributed by atoms with Crippen molar-refractivity contribution in [1.82, 2.24) is 0 Å². The Morgan fingerprint density at radius 2 is 2.27 bits per heavy atom. The van der Waals surface area contributed by atoms with E-state index in [-0.39, 0.29) is 5.78 Å². The highest BCUT2D eigenvalue weighted by Crippen LogP contribution is 2.03. The van der Waals surface area contributed by atoms with Gasteiger partial charge in [-0.05, 0) is 19.4 Å². The number of carbonyl (C=O) groups is 1. The van der Waals surface area contributed by atoms with Gasteiger partial charge in [-0.1, -0.05) is 0 Å². The van der Waals surface area contributed by atoms with Crippen molar-refractivity contribution < 1.29 is 9.52 Å². The minimum atomic E-state index is -0.0762. The second-order valence-corrected chi connectivity index (χ2v) is 2.46. The number of nitrogens with zero attached hydrogens (tertiary/aromatic N) is 1. The normalized spacial score (nSPS) is 9.64. The lowest BCUT2D eigenvalue weighted by atomic mass is 10.1. The molecule has 1 aromatic rings. The molecule has 58 valence electrons. The maximum atomic E-state index is 10.9. The highest BCUT2D eigenvalue weighted by Gasteiger charge is 2.06. The van der Waals surface area contributed by atoms with Crippen molar-refractivity contribution >= 4 is 5.78 Å². The molecule has 0 aromatic carbocycles. The van der Waals surface area contributed by atoms with Crippen molar-refractivity contribution in [2.24, 2.45) is 0 Å². The van der Waals surface area contributed by atoms with Gasteiger partial charge < -0.3 is 5.21 Å². The molecule has 0 fully saturated rings. The predicted molar refractivity (Wildman–Crippen MR) is 40.1 cm³/mol. The van der Waals surface area contributed by atoms with Crippen LogP contribution in [0.1, 0.15) is 22.8 Å². The SMILES string of the molecule is CC(=O)c1c[n+]([O-])ccc1C. The lowest BCUT2D eigenvalue weighted by Crippen LogP contribution is -2.26. The third-order valence-corrected chi connectivity index (χ3v) is 1.53. The summed E-state index contributed by atoms with van der Waals surface area (Å²) in [5, 5.41) is 10.7. The fourth-order valence-electron chi connectivity index (χ4n) is 0.916. The molecule has 0 unspecified atom stereocenters. The highest BCUT2D eigenvalue weighted by atomic mass is 16.5. The molecule has 0 saturated carbocycles. The van der Waals surface area contributed by atoms with E-state index in [1.54, 1.807) is 13.0 Å². The number of Topliss-reactive ketones (excluding diaryl/α,β-unsaturated/α-hetero) is 1. The van der Waals surface area contributed by atoms with Crippen molar-refractivity contribution in [3.8, 4) is 0 Å². The largest absolute Gasteiger partial charge is 0.619 e. The Kier molecular flexibility index (Phi) is 1.89. The number of ketones is 1. The summed E-state index contributed by atoms with van der Waals surface area (Å²) in [5.74, 6) is -0.0762. The zero-order valence-electron chi connectivity index (χ0n) is 6.50. The number of aromatic nitrogens is 1. The maximum Gasteiger partial charge on any atom is 0.191 e. The summed E-state index contributed by atoms with van der Waals surface area (Å²) in [6.45, 7) is 3.25. The molecule has 0 saturated heterocycles. The first-order valence-corrected chi connectivity index (χ1v) is 3.31. The first-order valence-electron chi connectivity index (χ1n) is 3.31. The second-order valence-electron chi connectivity index (χ2n) is 2.46. The smallest absolute Gasteiger partial charge is 0.191 e. The maximum absolute atomic E-state index is 10.9. The van der Waals surface area contributed by atoms with Crippen LogP contribution in [0.5, 0.6) is 0 Å². The van der Waals surface area contributed by atoms with E-state index in [2.05, 4.69) is 0 Å². The van der Waals surface area contributed by atoms with Crippen molar-refractivity contribution in [2.45, 2.75) is 13.8 Å². The van der Waals surface area contributed by atoms with Crippen molar-refractivity contribution in [3.63, 3.8) is 0 Å². The van der Waals surface area contributed by atoms with E-state index in [1.807, 2.05) is 0 Å². The van der Waals surface area contributed by atoms with Crippen LogP contribution in [0.4, 0.5) is 0 Å². The molecule has 1 rings (SSSR count). The molecule has 11 heavy (non-hydrogen) atoms. The number of hydrogen-bond acceptors (Lipinski definition) is 2. The molecule has 3 heteroatoms. The van der Waals surface area contributed by atoms with Crippen LogP contribution >= 0.6 is 0 Å². The van der Waals surface area contributed by atoms with E-state index in [0.717, 1.165) is 5.56 Å². The summed E-state index contributed by atoms with van der Waals surface area (Å²) >= 11 is 0. The number of hydrogen-bond donors (Lipinski definition) is 0. The standard InChI is InChI=1S/C8H9NO2/c1-6-3-4-9(11)5-8(6)7(2)10/h3-5H,1-2H3. The van der Waals surface area contributed by atoms with Crippen LogP contribution < -0.4 is 4.73 Å². The molecule has 0 aliphatic rings. The quantitative estimate of drug-likeness (QED) is 0.339. The lowest BCUT2D eigenvalue weighted by Gasteiger charge is -2.00. The number of pyridine rings is 1. The van der Waals surface area contributed by atoms with Crippen LogP contribution in [0.25, 0.3) is 0 Å². The number of aryl methyl sites for hydroxylation is 1. The van der Waals surface area contributed by atoms with Gasteiger partial charge in [0.05, 0.1) is 5.56 Å². The molecule has 0 radical (unpaired) electrons. The molecule has 0 N–H and O–H groups in total. The molecular weight excluding hydrogens is 142 g/mol.